The largest absolute Gasteiger partial charge is 0.462 e. The Kier molecular flexibility index (Phi) is 27.2. The molecule has 0 aromatic heterocycles. The maximum Gasteiger partial charge on any atom is 0.306 e. The number of aliphatic hydroxyl groups is 3. The van der Waals surface area contributed by atoms with Crippen LogP contribution >= 0.6 is 0 Å². The molecule has 1 aliphatic rings. The third-order valence-corrected chi connectivity index (χ3v) is 9.94. The molecule has 1 heterocycles. The number of esters is 2. The Hall–Kier alpha value is -1.35. The van der Waals surface area contributed by atoms with E-state index in [1.807, 2.05) is 0 Å². The second-order valence-electron chi connectivity index (χ2n) is 14.0. The molecule has 1 aliphatic heterocycles. The molecule has 4 N–H and O–H groups in total. The molecule has 1 saturated heterocycles. The van der Waals surface area contributed by atoms with E-state index in [4.69, 9.17) is 18.9 Å². The van der Waals surface area contributed by atoms with Crippen LogP contribution in [-0.2, 0) is 38.7 Å². The van der Waals surface area contributed by atoms with Gasteiger partial charge in [-0.3, -0.25) is 14.1 Å². The number of hydrogen-bond acceptors (Lipinski definition) is 11. The standard InChI is InChI=1S/C37H70O12S/c1-3-5-7-9-11-13-15-17-19-21-23-25-32(38)46-27-30(48-33(39)26-24-22-20-18-16-14-12-10-8-6-4-2)28-47-37-36(42)35(41)34(40)31(49-37)29-50(43,44)45/h30-31,34-37,40-42H,3-29H2,1-2H3,(H,43,44,45)/t30-,31-,34-,35?,36?,37+/m1/s1. The second kappa shape index (κ2) is 29.1. The summed E-state index contributed by atoms with van der Waals surface area (Å²) in [5.74, 6) is -1.97. The number of aliphatic hydroxyl groups excluding tert-OH is 3. The maximum absolute atomic E-state index is 12.7. The number of carbonyl (C=O) groups excluding carboxylic acids is 2. The summed E-state index contributed by atoms with van der Waals surface area (Å²) in [6, 6.07) is 0. The SMILES string of the molecule is CCCCCCCCCCCCCC(=O)OC[C@H](CO[C@H]1O[C@H](CS(=O)(=O)O)[C@@H](O)C(O)C1O)OC(=O)CCCCCCCCCCCCC. The lowest BCUT2D eigenvalue weighted by atomic mass is 10.00. The topological polar surface area (TPSA) is 186 Å². The van der Waals surface area contributed by atoms with Crippen molar-refractivity contribution in [2.75, 3.05) is 19.0 Å². The molecule has 1 fully saturated rings. The summed E-state index contributed by atoms with van der Waals surface area (Å²) in [7, 11) is -4.59. The van der Waals surface area contributed by atoms with Crippen molar-refractivity contribution < 1.29 is 56.8 Å². The average Bonchev–Trinajstić information content (AvgIpc) is 3.07. The minimum atomic E-state index is -4.59. The zero-order valence-electron chi connectivity index (χ0n) is 31.0. The third-order valence-electron chi connectivity index (χ3n) is 9.19. The number of hydrogen-bond donors (Lipinski definition) is 4. The molecule has 12 nitrogen and oxygen atoms in total. The van der Waals surface area contributed by atoms with E-state index >= 15 is 0 Å². The fourth-order valence-corrected chi connectivity index (χ4v) is 6.78. The monoisotopic (exact) mass is 738 g/mol. The molecule has 6 atom stereocenters. The first-order chi connectivity index (χ1) is 24.0. The van der Waals surface area contributed by atoms with Crippen LogP contribution in [0.1, 0.15) is 168 Å². The van der Waals surface area contributed by atoms with Gasteiger partial charge in [0.1, 0.15) is 36.8 Å². The number of unbranched alkanes of at least 4 members (excludes halogenated alkanes) is 20. The highest BCUT2D eigenvalue weighted by Crippen LogP contribution is 2.24. The van der Waals surface area contributed by atoms with Crippen molar-refractivity contribution in [3.63, 3.8) is 0 Å². The van der Waals surface area contributed by atoms with E-state index in [0.29, 0.717) is 12.8 Å². The minimum Gasteiger partial charge on any atom is -0.462 e. The number of carbonyl (C=O) groups is 2. The molecule has 0 spiro atoms. The van der Waals surface area contributed by atoms with Gasteiger partial charge in [0.2, 0.25) is 0 Å². The quantitative estimate of drug-likeness (QED) is 0.0332. The van der Waals surface area contributed by atoms with Crippen molar-refractivity contribution in [1.82, 2.24) is 0 Å². The van der Waals surface area contributed by atoms with Crippen molar-refractivity contribution in [2.45, 2.75) is 205 Å². The first-order valence-corrected chi connectivity index (χ1v) is 21.2. The second-order valence-corrected chi connectivity index (χ2v) is 15.5. The minimum absolute atomic E-state index is 0.171. The van der Waals surface area contributed by atoms with E-state index in [2.05, 4.69) is 13.8 Å². The fourth-order valence-electron chi connectivity index (χ4n) is 6.09. The Balaban J connectivity index is 2.52. The number of ether oxygens (including phenoxy) is 4. The molecule has 2 unspecified atom stereocenters. The van der Waals surface area contributed by atoms with Gasteiger partial charge >= 0.3 is 11.9 Å². The summed E-state index contributed by atoms with van der Waals surface area (Å²) < 4.78 is 53.8. The molecular weight excluding hydrogens is 668 g/mol. The van der Waals surface area contributed by atoms with Crippen LogP contribution < -0.4 is 0 Å². The normalized spacial score (nSPS) is 21.6. The molecule has 0 radical (unpaired) electrons. The van der Waals surface area contributed by atoms with Crippen LogP contribution in [0, 0.1) is 0 Å². The lowest BCUT2D eigenvalue weighted by Crippen LogP contribution is -2.60. The third kappa shape index (κ3) is 24.0. The summed E-state index contributed by atoms with van der Waals surface area (Å²) >= 11 is 0. The van der Waals surface area contributed by atoms with E-state index in [1.54, 1.807) is 0 Å². The van der Waals surface area contributed by atoms with Gasteiger partial charge in [0, 0.05) is 12.8 Å². The predicted molar refractivity (Wildman–Crippen MR) is 192 cm³/mol. The maximum atomic E-state index is 12.7. The molecule has 13 heteroatoms. The van der Waals surface area contributed by atoms with Gasteiger partial charge in [-0.15, -0.1) is 0 Å². The molecule has 0 aromatic carbocycles. The zero-order chi connectivity index (χ0) is 37.0. The Morgan fingerprint density at radius 1 is 0.600 bits per heavy atom. The fraction of sp³-hybridized carbons (Fsp3) is 0.946. The van der Waals surface area contributed by atoms with Crippen molar-refractivity contribution in [2.24, 2.45) is 0 Å². The van der Waals surface area contributed by atoms with Crippen LogP contribution in [0.5, 0.6) is 0 Å². The first-order valence-electron chi connectivity index (χ1n) is 19.6. The van der Waals surface area contributed by atoms with Crippen molar-refractivity contribution in [3.05, 3.63) is 0 Å². The van der Waals surface area contributed by atoms with Gasteiger partial charge < -0.3 is 34.3 Å². The molecule has 0 aromatic rings. The van der Waals surface area contributed by atoms with E-state index in [1.165, 1.54) is 89.9 Å². The van der Waals surface area contributed by atoms with Crippen molar-refractivity contribution in [3.8, 4) is 0 Å². The van der Waals surface area contributed by atoms with Gasteiger partial charge in [-0.05, 0) is 12.8 Å². The summed E-state index contributed by atoms with van der Waals surface area (Å²) in [5.41, 5.74) is 0. The van der Waals surface area contributed by atoms with Crippen molar-refractivity contribution in [1.29, 1.82) is 0 Å². The van der Waals surface area contributed by atoms with Gasteiger partial charge in [0.15, 0.2) is 12.4 Å². The van der Waals surface area contributed by atoms with Crippen LogP contribution in [0.4, 0.5) is 0 Å². The van der Waals surface area contributed by atoms with Gasteiger partial charge in [-0.1, -0.05) is 142 Å². The van der Waals surface area contributed by atoms with Crippen LogP contribution in [0.25, 0.3) is 0 Å². The van der Waals surface area contributed by atoms with Crippen molar-refractivity contribution >= 4 is 22.1 Å². The van der Waals surface area contributed by atoms with E-state index in [9.17, 15) is 37.9 Å². The van der Waals surface area contributed by atoms with E-state index < -0.39 is 71.2 Å². The van der Waals surface area contributed by atoms with Crippen LogP contribution in [0.15, 0.2) is 0 Å². The lowest BCUT2D eigenvalue weighted by molar-refractivity contribution is -0.297. The van der Waals surface area contributed by atoms with Gasteiger partial charge in [-0.25, -0.2) is 0 Å². The highest BCUT2D eigenvalue weighted by molar-refractivity contribution is 7.85. The molecule has 0 bridgehead atoms. The van der Waals surface area contributed by atoms with Gasteiger partial charge in [-0.2, -0.15) is 8.42 Å². The lowest BCUT2D eigenvalue weighted by Gasteiger charge is -2.40. The molecule has 0 amide bonds. The molecule has 1 rings (SSSR count). The van der Waals surface area contributed by atoms with E-state index in [-0.39, 0.29) is 19.4 Å². The average molecular weight is 739 g/mol. The smallest absolute Gasteiger partial charge is 0.306 e. The Morgan fingerprint density at radius 2 is 1.02 bits per heavy atom. The summed E-state index contributed by atoms with van der Waals surface area (Å²) in [4.78, 5) is 25.2. The van der Waals surface area contributed by atoms with Gasteiger partial charge in [0.25, 0.3) is 10.1 Å². The molecule has 0 aliphatic carbocycles. The summed E-state index contributed by atoms with van der Waals surface area (Å²) in [6.07, 6.45) is 15.9. The molecule has 0 saturated carbocycles. The first kappa shape index (κ1) is 46.7. The predicted octanol–water partition coefficient (Wildman–Crippen LogP) is 6.56. The Bertz CT molecular complexity index is 962. The van der Waals surface area contributed by atoms with E-state index in [0.717, 1.165) is 38.5 Å². The van der Waals surface area contributed by atoms with Crippen LogP contribution in [0.3, 0.4) is 0 Å². The Labute approximate surface area is 302 Å². The van der Waals surface area contributed by atoms with Gasteiger partial charge in [0.05, 0.1) is 6.61 Å². The zero-order valence-corrected chi connectivity index (χ0v) is 31.8. The molecule has 50 heavy (non-hydrogen) atoms. The summed E-state index contributed by atoms with van der Waals surface area (Å²) in [5, 5.41) is 30.7. The molecular formula is C37H70O12S. The molecule has 296 valence electrons. The Morgan fingerprint density at radius 3 is 1.46 bits per heavy atom. The highest BCUT2D eigenvalue weighted by Gasteiger charge is 2.46. The van der Waals surface area contributed by atoms with Crippen LogP contribution in [0.2, 0.25) is 0 Å². The highest BCUT2D eigenvalue weighted by atomic mass is 32.2. The van der Waals surface area contributed by atoms with Crippen LogP contribution in [-0.4, -0.2) is 96.0 Å². The summed E-state index contributed by atoms with van der Waals surface area (Å²) in [6.45, 7) is 3.72. The number of rotatable bonds is 32.